The summed E-state index contributed by atoms with van der Waals surface area (Å²) in [6.07, 6.45) is -1.08. The van der Waals surface area contributed by atoms with Crippen molar-refractivity contribution < 1.29 is 32.6 Å². The van der Waals surface area contributed by atoms with E-state index < -0.39 is 24.6 Å². The summed E-state index contributed by atoms with van der Waals surface area (Å²) in [4.78, 5) is 24.8. The fourth-order valence-electron chi connectivity index (χ4n) is 2.87. The first-order valence-electron chi connectivity index (χ1n) is 8.85. The Hall–Kier alpha value is -3.16. The quantitative estimate of drug-likeness (QED) is 0.689. The molecule has 6 nitrogen and oxygen atoms in total. The van der Waals surface area contributed by atoms with Gasteiger partial charge in [-0.3, -0.25) is 4.79 Å². The molecular formula is C21H23F2NO5. The molecular weight excluding hydrogens is 384 g/mol. The minimum atomic E-state index is -3.03. The number of esters is 1. The number of aryl methyl sites for hydroxylation is 3. The molecule has 1 amide bonds. The Morgan fingerprint density at radius 2 is 1.62 bits per heavy atom. The van der Waals surface area contributed by atoms with E-state index in [4.69, 9.17) is 9.47 Å². The number of methoxy groups -OCH3 is 1. The Bertz CT molecular complexity index is 891. The summed E-state index contributed by atoms with van der Waals surface area (Å²) >= 11 is 0. The van der Waals surface area contributed by atoms with Gasteiger partial charge in [0.2, 0.25) is 0 Å². The highest BCUT2D eigenvalue weighted by Gasteiger charge is 2.22. The highest BCUT2D eigenvalue weighted by molar-refractivity contribution is 5.98. The number of ether oxygens (including phenoxy) is 3. The van der Waals surface area contributed by atoms with Crippen molar-refractivity contribution in [3.05, 3.63) is 52.6 Å². The molecule has 1 atom stereocenters. The molecule has 0 spiro atoms. The molecule has 0 aliphatic carbocycles. The first-order chi connectivity index (χ1) is 13.6. The molecule has 8 heteroatoms. The van der Waals surface area contributed by atoms with Crippen LogP contribution >= 0.6 is 0 Å². The van der Waals surface area contributed by atoms with Crippen LogP contribution in [0.2, 0.25) is 0 Å². The average molecular weight is 407 g/mol. The second-order valence-electron chi connectivity index (χ2n) is 6.55. The average Bonchev–Trinajstić information content (AvgIpc) is 2.64. The Labute approximate surface area is 167 Å². The molecule has 0 aliphatic heterocycles. The minimum Gasteiger partial charge on any atom is -0.493 e. The van der Waals surface area contributed by atoms with E-state index in [2.05, 4.69) is 10.1 Å². The van der Waals surface area contributed by atoms with Crippen LogP contribution in [0.15, 0.2) is 30.3 Å². The van der Waals surface area contributed by atoms with Crippen LogP contribution in [0.25, 0.3) is 0 Å². The highest BCUT2D eigenvalue weighted by atomic mass is 19.3. The third-order valence-electron chi connectivity index (χ3n) is 4.19. The van der Waals surface area contributed by atoms with Gasteiger partial charge in [0.1, 0.15) is 0 Å². The smallest absolute Gasteiger partial charge is 0.387 e. The Kier molecular flexibility index (Phi) is 7.14. The van der Waals surface area contributed by atoms with Crippen LogP contribution in [0.3, 0.4) is 0 Å². The monoisotopic (exact) mass is 407 g/mol. The number of carbonyl (C=O) groups is 2. The first kappa shape index (κ1) is 22.1. The third kappa shape index (κ3) is 5.66. The van der Waals surface area contributed by atoms with Crippen molar-refractivity contribution in [1.29, 1.82) is 0 Å². The second-order valence-corrected chi connectivity index (χ2v) is 6.55. The molecule has 0 radical (unpaired) electrons. The van der Waals surface area contributed by atoms with Gasteiger partial charge in [0.25, 0.3) is 5.91 Å². The summed E-state index contributed by atoms with van der Waals surface area (Å²) < 4.78 is 39.3. The lowest BCUT2D eigenvalue weighted by atomic mass is 10.0. The molecule has 0 saturated carbocycles. The lowest BCUT2D eigenvalue weighted by Crippen LogP contribution is -2.30. The Morgan fingerprint density at radius 3 is 2.17 bits per heavy atom. The third-order valence-corrected chi connectivity index (χ3v) is 4.19. The maximum atomic E-state index is 12.5. The van der Waals surface area contributed by atoms with Gasteiger partial charge < -0.3 is 19.5 Å². The molecule has 0 fully saturated rings. The molecule has 0 heterocycles. The fourth-order valence-corrected chi connectivity index (χ4v) is 2.87. The number of carbonyl (C=O) groups excluding carboxylic acids is 2. The zero-order valence-corrected chi connectivity index (χ0v) is 16.8. The number of amides is 1. The number of nitrogens with one attached hydrogen (secondary N) is 1. The predicted molar refractivity (Wildman–Crippen MR) is 104 cm³/mol. The van der Waals surface area contributed by atoms with Crippen molar-refractivity contribution in [3.63, 3.8) is 0 Å². The summed E-state index contributed by atoms with van der Waals surface area (Å²) in [6, 6.07) is 7.51. The Balaban J connectivity index is 2.09. The number of hydrogen-bond acceptors (Lipinski definition) is 5. The molecule has 2 rings (SSSR count). The summed E-state index contributed by atoms with van der Waals surface area (Å²) in [5.41, 5.74) is 3.57. The summed E-state index contributed by atoms with van der Waals surface area (Å²) in [5.74, 6) is -1.55. The molecule has 1 N–H and O–H groups in total. The lowest BCUT2D eigenvalue weighted by molar-refractivity contribution is -0.123. The number of hydrogen-bond donors (Lipinski definition) is 1. The molecule has 29 heavy (non-hydrogen) atoms. The van der Waals surface area contributed by atoms with Gasteiger partial charge in [-0.05, 0) is 57.0 Å². The van der Waals surface area contributed by atoms with Crippen molar-refractivity contribution in [1.82, 2.24) is 0 Å². The van der Waals surface area contributed by atoms with Crippen LogP contribution in [-0.4, -0.2) is 31.7 Å². The van der Waals surface area contributed by atoms with Crippen molar-refractivity contribution >= 4 is 17.6 Å². The number of halogens is 2. The van der Waals surface area contributed by atoms with Crippen LogP contribution in [0.1, 0.15) is 34.0 Å². The topological polar surface area (TPSA) is 73.9 Å². The van der Waals surface area contributed by atoms with Crippen LogP contribution in [0, 0.1) is 20.8 Å². The minimum absolute atomic E-state index is 0.0332. The second kappa shape index (κ2) is 9.36. The van der Waals surface area contributed by atoms with Crippen LogP contribution in [-0.2, 0) is 9.53 Å². The van der Waals surface area contributed by atoms with Crippen molar-refractivity contribution in [2.75, 3.05) is 12.4 Å². The zero-order valence-electron chi connectivity index (χ0n) is 16.8. The van der Waals surface area contributed by atoms with Gasteiger partial charge in [-0.25, -0.2) is 4.79 Å². The maximum absolute atomic E-state index is 12.5. The van der Waals surface area contributed by atoms with E-state index >= 15 is 0 Å². The van der Waals surface area contributed by atoms with Crippen LogP contribution < -0.4 is 14.8 Å². The number of benzene rings is 2. The molecule has 2 aromatic rings. The molecule has 2 aromatic carbocycles. The first-order valence-corrected chi connectivity index (χ1v) is 8.85. The van der Waals surface area contributed by atoms with E-state index in [9.17, 15) is 18.4 Å². The van der Waals surface area contributed by atoms with Crippen molar-refractivity contribution in [3.8, 4) is 11.5 Å². The number of anilines is 1. The van der Waals surface area contributed by atoms with E-state index in [-0.39, 0.29) is 17.1 Å². The number of rotatable bonds is 7. The van der Waals surface area contributed by atoms with Crippen molar-refractivity contribution in [2.45, 2.75) is 40.4 Å². The maximum Gasteiger partial charge on any atom is 0.387 e. The van der Waals surface area contributed by atoms with Gasteiger partial charge in [-0.1, -0.05) is 17.7 Å². The van der Waals surface area contributed by atoms with Gasteiger partial charge in [-0.2, -0.15) is 8.78 Å². The molecule has 0 aliphatic rings. The molecule has 0 bridgehead atoms. The van der Waals surface area contributed by atoms with E-state index in [1.165, 1.54) is 32.2 Å². The number of alkyl halides is 2. The largest absolute Gasteiger partial charge is 0.493 e. The fraction of sp³-hybridized carbons (Fsp3) is 0.333. The molecule has 0 unspecified atom stereocenters. The van der Waals surface area contributed by atoms with Gasteiger partial charge in [-0.15, -0.1) is 0 Å². The summed E-state index contributed by atoms with van der Waals surface area (Å²) in [6.45, 7) is 4.13. The Morgan fingerprint density at radius 1 is 1.00 bits per heavy atom. The van der Waals surface area contributed by atoms with Gasteiger partial charge >= 0.3 is 12.6 Å². The predicted octanol–water partition coefficient (Wildman–Crippen LogP) is 4.41. The normalized spacial score (nSPS) is 11.7. The van der Waals surface area contributed by atoms with E-state index in [1.807, 2.05) is 32.9 Å². The standard InChI is InChI=1S/C21H23F2NO5/c1-11-8-12(2)18(13(3)9-11)24-19(25)14(4)28-20(26)15-6-7-16(29-21(22)23)17(10-15)27-5/h6-10,14,21H,1-5H3,(H,24,25)/t14-/m1/s1. The van der Waals surface area contributed by atoms with E-state index in [0.717, 1.165) is 16.7 Å². The van der Waals surface area contributed by atoms with Crippen molar-refractivity contribution in [2.24, 2.45) is 0 Å². The van der Waals surface area contributed by atoms with Crippen LogP contribution in [0.4, 0.5) is 14.5 Å². The molecule has 156 valence electrons. The summed E-state index contributed by atoms with van der Waals surface area (Å²) in [5, 5.41) is 2.77. The van der Waals surface area contributed by atoms with E-state index in [1.54, 1.807) is 0 Å². The zero-order chi connectivity index (χ0) is 21.7. The van der Waals surface area contributed by atoms with Crippen LogP contribution in [0.5, 0.6) is 11.5 Å². The van der Waals surface area contributed by atoms with Gasteiger partial charge in [0.05, 0.1) is 12.7 Å². The SMILES string of the molecule is COc1cc(C(=O)O[C@H](C)C(=O)Nc2c(C)cc(C)cc2C)ccc1OC(F)F. The molecule has 0 saturated heterocycles. The lowest BCUT2D eigenvalue weighted by Gasteiger charge is -2.17. The van der Waals surface area contributed by atoms with E-state index in [0.29, 0.717) is 5.69 Å². The molecule has 0 aromatic heterocycles. The van der Waals surface area contributed by atoms with Gasteiger partial charge in [0.15, 0.2) is 17.6 Å². The summed E-state index contributed by atoms with van der Waals surface area (Å²) in [7, 11) is 1.26. The van der Waals surface area contributed by atoms with Gasteiger partial charge in [0, 0.05) is 5.69 Å². The highest BCUT2D eigenvalue weighted by Crippen LogP contribution is 2.30.